The quantitative estimate of drug-likeness (QED) is 0.148. The fourth-order valence-electron chi connectivity index (χ4n) is 3.50. The van der Waals surface area contributed by atoms with Crippen molar-refractivity contribution < 1.29 is 39.5 Å². The molecule has 1 aliphatic heterocycles. The van der Waals surface area contributed by atoms with Crippen LogP contribution in [0.1, 0.15) is 31.7 Å². The summed E-state index contributed by atoms with van der Waals surface area (Å²) in [6, 6.07) is 8.76. The highest BCUT2D eigenvalue weighted by atomic mass is 16.6. The Morgan fingerprint density at radius 2 is 1.93 bits per heavy atom. The molecule has 7 N–H and O–H groups in total. The molecule has 1 saturated heterocycles. The molecule has 10 nitrogen and oxygen atoms in total. The summed E-state index contributed by atoms with van der Waals surface area (Å²) in [5, 5.41) is 42.4. The molecule has 1 aromatic rings. The van der Waals surface area contributed by atoms with Crippen LogP contribution in [0, 0.1) is 0 Å². The number of benzene rings is 1. The van der Waals surface area contributed by atoms with Crippen LogP contribution in [0.25, 0.3) is 0 Å². The number of unbranched alkanes of at least 4 members (excludes halogenated alkanes) is 1. The number of aliphatic hydroxyl groups excluding tert-OH is 3. The lowest BCUT2D eigenvalue weighted by atomic mass is 9.89. The van der Waals surface area contributed by atoms with Crippen LogP contribution in [0.4, 0.5) is 0 Å². The van der Waals surface area contributed by atoms with Gasteiger partial charge in [0.05, 0.1) is 6.61 Å². The van der Waals surface area contributed by atoms with Crippen molar-refractivity contribution in [2.24, 2.45) is 5.73 Å². The van der Waals surface area contributed by atoms with Gasteiger partial charge in [-0.15, -0.1) is 0 Å². The van der Waals surface area contributed by atoms with Gasteiger partial charge in [-0.05, 0) is 38.3 Å². The second-order valence-corrected chi connectivity index (χ2v) is 7.52. The average Bonchev–Trinajstić information content (AvgIpc) is 2.95. The van der Waals surface area contributed by atoms with Crippen LogP contribution in [-0.4, -0.2) is 75.1 Å². The van der Waals surface area contributed by atoms with E-state index in [-0.39, 0.29) is 19.4 Å². The molecular formula is C20H30N2O8. The molecule has 5 atom stereocenters. The number of rotatable bonds is 11. The van der Waals surface area contributed by atoms with E-state index in [0.717, 1.165) is 0 Å². The minimum Gasteiger partial charge on any atom is -0.479 e. The van der Waals surface area contributed by atoms with Crippen molar-refractivity contribution in [3.63, 3.8) is 0 Å². The van der Waals surface area contributed by atoms with Crippen LogP contribution >= 0.6 is 0 Å². The number of esters is 1. The molecule has 168 valence electrons. The molecule has 0 bridgehead atoms. The molecule has 0 aliphatic carbocycles. The minimum absolute atomic E-state index is 0.144. The van der Waals surface area contributed by atoms with E-state index in [4.69, 9.17) is 15.2 Å². The third kappa shape index (κ3) is 5.15. The topological polar surface area (TPSA) is 172 Å². The van der Waals surface area contributed by atoms with Gasteiger partial charge in [0.1, 0.15) is 30.6 Å². The first-order chi connectivity index (χ1) is 14.2. The van der Waals surface area contributed by atoms with Crippen molar-refractivity contribution in [1.29, 1.82) is 0 Å². The van der Waals surface area contributed by atoms with Crippen molar-refractivity contribution in [1.82, 2.24) is 5.32 Å². The van der Waals surface area contributed by atoms with Crippen molar-refractivity contribution in [2.75, 3.05) is 13.2 Å². The second-order valence-electron chi connectivity index (χ2n) is 7.52. The van der Waals surface area contributed by atoms with Gasteiger partial charge in [-0.2, -0.15) is 0 Å². The van der Waals surface area contributed by atoms with Crippen LogP contribution in [-0.2, 0) is 25.7 Å². The number of carbonyl (C=O) groups is 2. The van der Waals surface area contributed by atoms with Crippen LogP contribution in [0.2, 0.25) is 0 Å². The lowest BCUT2D eigenvalue weighted by Gasteiger charge is -2.38. The molecule has 0 spiro atoms. The normalized spacial score (nSPS) is 28.1. The van der Waals surface area contributed by atoms with Gasteiger partial charge in [0.2, 0.25) is 5.54 Å². The average molecular weight is 426 g/mol. The fraction of sp³-hybridized carbons (Fsp3) is 0.600. The van der Waals surface area contributed by atoms with E-state index in [1.165, 1.54) is 6.92 Å². The number of carbonyl (C=O) groups excluding carboxylic acids is 1. The zero-order valence-electron chi connectivity index (χ0n) is 16.9. The molecule has 2 rings (SSSR count). The van der Waals surface area contributed by atoms with Crippen LogP contribution < -0.4 is 11.1 Å². The minimum atomic E-state index is -2.26. The standard InChI is InChI=1S/C20H30N2O8/c1-19(16(25)15(24)14(11-23)30-19)22-20(17(26)27,9-5-6-10-21)18(28)29-12-13-7-3-2-4-8-13/h2-4,7-8,14-16,22-25H,5-6,9-12,21H2,1H3,(H,26,27)/t14-,15-,16+,19?,20+/m1/s1. The molecule has 10 heteroatoms. The number of aliphatic carboxylic acids is 1. The van der Waals surface area contributed by atoms with Crippen molar-refractivity contribution in [2.45, 2.75) is 62.4 Å². The van der Waals surface area contributed by atoms with E-state index in [1.807, 2.05) is 0 Å². The van der Waals surface area contributed by atoms with Gasteiger partial charge >= 0.3 is 11.9 Å². The molecule has 0 saturated carbocycles. The van der Waals surface area contributed by atoms with E-state index < -0.39 is 48.1 Å². The summed E-state index contributed by atoms with van der Waals surface area (Å²) in [5.41, 5.74) is 2.09. The van der Waals surface area contributed by atoms with E-state index >= 15 is 0 Å². The molecule has 0 amide bonds. The van der Waals surface area contributed by atoms with Crippen LogP contribution in [0.3, 0.4) is 0 Å². The molecule has 1 heterocycles. The van der Waals surface area contributed by atoms with Crippen LogP contribution in [0.15, 0.2) is 30.3 Å². The Labute approximate surface area is 174 Å². The molecular weight excluding hydrogens is 396 g/mol. The Kier molecular flexibility index (Phi) is 8.30. The third-order valence-corrected chi connectivity index (χ3v) is 5.24. The first-order valence-corrected chi connectivity index (χ1v) is 9.79. The SMILES string of the molecule is CC1(N[C@@](CCCCN)(C(=O)O)C(=O)OCc2ccccc2)O[C@H](CO)[C@@H](O)[C@@H]1O. The zero-order valence-corrected chi connectivity index (χ0v) is 16.9. The Morgan fingerprint density at radius 1 is 1.27 bits per heavy atom. The highest BCUT2D eigenvalue weighted by Crippen LogP contribution is 2.33. The summed E-state index contributed by atoms with van der Waals surface area (Å²) in [4.78, 5) is 25.3. The largest absolute Gasteiger partial charge is 0.479 e. The second kappa shape index (κ2) is 10.3. The highest BCUT2D eigenvalue weighted by molar-refractivity contribution is 6.04. The zero-order chi connectivity index (χ0) is 22.4. The molecule has 30 heavy (non-hydrogen) atoms. The number of aliphatic hydroxyl groups is 3. The number of hydrogen-bond donors (Lipinski definition) is 6. The van der Waals surface area contributed by atoms with Crippen molar-refractivity contribution >= 4 is 11.9 Å². The predicted octanol–water partition coefficient (Wildman–Crippen LogP) is -0.899. The first kappa shape index (κ1) is 24.2. The Hall–Kier alpha value is -2.08. The number of nitrogens with two attached hydrogens (primary N) is 1. The Morgan fingerprint density at radius 3 is 2.47 bits per heavy atom. The van der Waals surface area contributed by atoms with E-state index in [0.29, 0.717) is 18.5 Å². The fourth-order valence-corrected chi connectivity index (χ4v) is 3.50. The Balaban J connectivity index is 2.30. The monoisotopic (exact) mass is 426 g/mol. The van der Waals surface area contributed by atoms with Gasteiger partial charge < -0.3 is 35.6 Å². The van der Waals surface area contributed by atoms with Gasteiger partial charge in [0, 0.05) is 0 Å². The molecule has 1 unspecified atom stereocenters. The summed E-state index contributed by atoms with van der Waals surface area (Å²) in [7, 11) is 0. The van der Waals surface area contributed by atoms with Crippen molar-refractivity contribution in [3.05, 3.63) is 35.9 Å². The maximum absolute atomic E-state index is 13.0. The van der Waals surface area contributed by atoms with E-state index in [9.17, 15) is 30.0 Å². The summed E-state index contributed by atoms with van der Waals surface area (Å²) < 4.78 is 10.8. The predicted molar refractivity (Wildman–Crippen MR) is 105 cm³/mol. The summed E-state index contributed by atoms with van der Waals surface area (Å²) in [6.45, 7) is 0.870. The van der Waals surface area contributed by atoms with Gasteiger partial charge in [0.15, 0.2) is 0 Å². The smallest absolute Gasteiger partial charge is 0.338 e. The molecule has 1 aliphatic rings. The number of carboxylic acid groups (broad SMARTS) is 1. The molecule has 1 aromatic carbocycles. The summed E-state index contributed by atoms with van der Waals surface area (Å²) in [6.07, 6.45) is -3.64. The van der Waals surface area contributed by atoms with Gasteiger partial charge in [-0.25, -0.2) is 9.59 Å². The number of ether oxygens (including phenoxy) is 2. The third-order valence-electron chi connectivity index (χ3n) is 5.24. The lowest BCUT2D eigenvalue weighted by molar-refractivity contribution is -0.176. The van der Waals surface area contributed by atoms with Crippen molar-refractivity contribution in [3.8, 4) is 0 Å². The Bertz CT molecular complexity index is 718. The lowest BCUT2D eigenvalue weighted by Crippen LogP contribution is -2.68. The van der Waals surface area contributed by atoms with E-state index in [1.54, 1.807) is 30.3 Å². The summed E-state index contributed by atoms with van der Waals surface area (Å²) >= 11 is 0. The number of nitrogens with one attached hydrogen (secondary N) is 1. The van der Waals surface area contributed by atoms with E-state index in [2.05, 4.69) is 5.32 Å². The highest BCUT2D eigenvalue weighted by Gasteiger charge is 2.58. The number of carboxylic acids is 1. The molecule has 0 aromatic heterocycles. The van der Waals surface area contributed by atoms with Gasteiger partial charge in [-0.1, -0.05) is 30.3 Å². The number of hydrogen-bond acceptors (Lipinski definition) is 9. The van der Waals surface area contributed by atoms with Crippen LogP contribution in [0.5, 0.6) is 0 Å². The molecule has 1 fully saturated rings. The maximum atomic E-state index is 13.0. The molecule has 0 radical (unpaired) electrons. The first-order valence-electron chi connectivity index (χ1n) is 9.79. The van der Waals surface area contributed by atoms with Gasteiger partial charge in [0.25, 0.3) is 0 Å². The summed E-state index contributed by atoms with van der Waals surface area (Å²) in [5.74, 6) is -2.58. The van der Waals surface area contributed by atoms with Gasteiger partial charge in [-0.3, -0.25) is 5.32 Å². The maximum Gasteiger partial charge on any atom is 0.338 e.